The molecule has 1 saturated heterocycles. The summed E-state index contributed by atoms with van der Waals surface area (Å²) in [6, 6.07) is 0. The van der Waals surface area contributed by atoms with E-state index >= 15 is 0 Å². The van der Waals surface area contributed by atoms with Crippen LogP contribution in [0.15, 0.2) is 23.8 Å². The number of allylic oxidation sites excluding steroid dienone is 4. The molecular formula is C12H15F2OS+. The maximum Gasteiger partial charge on any atom is 0.473 e. The number of halogens is 2. The smallest absolute Gasteiger partial charge is 0.282 e. The Labute approximate surface area is 96.9 Å². The Kier molecular flexibility index (Phi) is 3.47. The molecule has 16 heavy (non-hydrogen) atoms. The van der Waals surface area contributed by atoms with Gasteiger partial charge in [-0.05, 0) is 37.3 Å². The summed E-state index contributed by atoms with van der Waals surface area (Å²) in [5, 5.41) is -3.13. The normalized spacial score (nSPS) is 24.5. The maximum atomic E-state index is 13.8. The van der Waals surface area contributed by atoms with E-state index in [0.717, 1.165) is 37.3 Å². The molecule has 0 atom stereocenters. The number of carbonyl (C=O) groups excluding carboxylic acids is 1. The fourth-order valence-electron chi connectivity index (χ4n) is 1.99. The van der Waals surface area contributed by atoms with Gasteiger partial charge in [-0.1, -0.05) is 12.2 Å². The lowest BCUT2D eigenvalue weighted by molar-refractivity contribution is -0.127. The van der Waals surface area contributed by atoms with Crippen LogP contribution in [0.5, 0.6) is 0 Å². The van der Waals surface area contributed by atoms with Crippen molar-refractivity contribution in [2.75, 3.05) is 11.5 Å². The minimum atomic E-state index is -3.13. The van der Waals surface area contributed by atoms with Gasteiger partial charge in [-0.2, -0.15) is 0 Å². The molecule has 1 aliphatic heterocycles. The van der Waals surface area contributed by atoms with E-state index in [1.165, 1.54) is 0 Å². The summed E-state index contributed by atoms with van der Waals surface area (Å²) in [7, 11) is -1.02. The van der Waals surface area contributed by atoms with Gasteiger partial charge < -0.3 is 0 Å². The van der Waals surface area contributed by atoms with E-state index in [1.807, 2.05) is 6.08 Å². The Morgan fingerprint density at radius 1 is 1.38 bits per heavy atom. The molecule has 0 bridgehead atoms. The first-order chi connectivity index (χ1) is 7.60. The lowest BCUT2D eigenvalue weighted by Crippen LogP contribution is -2.38. The van der Waals surface area contributed by atoms with Crippen molar-refractivity contribution in [3.8, 4) is 0 Å². The second kappa shape index (κ2) is 4.70. The van der Waals surface area contributed by atoms with Crippen molar-refractivity contribution in [2.24, 2.45) is 0 Å². The zero-order chi connectivity index (χ0) is 11.6. The number of rotatable bonds is 3. The molecule has 1 nitrogen and oxygen atoms in total. The van der Waals surface area contributed by atoms with E-state index in [-0.39, 0.29) is 0 Å². The number of hydrogen-bond donors (Lipinski definition) is 0. The van der Waals surface area contributed by atoms with Crippen LogP contribution in [0.4, 0.5) is 8.78 Å². The molecule has 0 unspecified atom stereocenters. The second-order valence-electron chi connectivity index (χ2n) is 4.15. The van der Waals surface area contributed by atoms with Gasteiger partial charge in [-0.15, -0.1) is 8.78 Å². The van der Waals surface area contributed by atoms with Gasteiger partial charge in [0.15, 0.2) is 0 Å². The summed E-state index contributed by atoms with van der Waals surface area (Å²) in [4.78, 5) is 11.6. The summed E-state index contributed by atoms with van der Waals surface area (Å²) >= 11 is 0. The maximum absolute atomic E-state index is 13.8. The average molecular weight is 245 g/mol. The van der Waals surface area contributed by atoms with Crippen LogP contribution >= 0.6 is 0 Å². The van der Waals surface area contributed by atoms with Crippen molar-refractivity contribution in [3.05, 3.63) is 23.8 Å². The van der Waals surface area contributed by atoms with E-state index in [1.54, 1.807) is 6.08 Å². The summed E-state index contributed by atoms with van der Waals surface area (Å²) in [5.74, 6) is 0.0365. The largest absolute Gasteiger partial charge is 0.473 e. The van der Waals surface area contributed by atoms with Crippen molar-refractivity contribution in [1.29, 1.82) is 0 Å². The fraction of sp³-hybridized carbons (Fsp3) is 0.583. The predicted octanol–water partition coefficient (Wildman–Crippen LogP) is 2.84. The third-order valence-electron chi connectivity index (χ3n) is 2.93. The van der Waals surface area contributed by atoms with Crippen molar-refractivity contribution in [1.82, 2.24) is 0 Å². The Balaban J connectivity index is 2.07. The molecule has 0 aromatic carbocycles. The van der Waals surface area contributed by atoms with Crippen LogP contribution in [0, 0.1) is 0 Å². The number of carbonyl (C=O) groups is 1. The third kappa shape index (κ3) is 2.37. The molecule has 2 aliphatic rings. The first kappa shape index (κ1) is 11.8. The quantitative estimate of drug-likeness (QED) is 0.552. The second-order valence-corrected chi connectivity index (χ2v) is 6.46. The van der Waals surface area contributed by atoms with Crippen LogP contribution in [0.1, 0.15) is 25.7 Å². The van der Waals surface area contributed by atoms with Gasteiger partial charge in [-0.3, -0.25) is 4.79 Å². The number of alkyl halides is 2. The van der Waals surface area contributed by atoms with Gasteiger partial charge in [0.1, 0.15) is 11.5 Å². The summed E-state index contributed by atoms with van der Waals surface area (Å²) in [6.45, 7) is 0. The lowest BCUT2D eigenvalue weighted by Gasteiger charge is -2.11. The first-order valence-electron chi connectivity index (χ1n) is 5.57. The average Bonchev–Trinajstić information content (AvgIpc) is 2.89. The lowest BCUT2D eigenvalue weighted by atomic mass is 10.2. The van der Waals surface area contributed by atoms with Crippen LogP contribution in [-0.4, -0.2) is 22.5 Å². The third-order valence-corrected chi connectivity index (χ3v) is 5.42. The van der Waals surface area contributed by atoms with Crippen LogP contribution < -0.4 is 0 Å². The Bertz CT molecular complexity index is 341. The number of ketones is 1. The molecule has 0 saturated carbocycles. The molecular weight excluding hydrogens is 230 g/mol. The monoisotopic (exact) mass is 245 g/mol. The van der Waals surface area contributed by atoms with E-state index < -0.39 is 21.9 Å². The minimum Gasteiger partial charge on any atom is -0.282 e. The topological polar surface area (TPSA) is 17.1 Å². The van der Waals surface area contributed by atoms with Gasteiger partial charge in [0, 0.05) is 0 Å². The Morgan fingerprint density at radius 3 is 2.62 bits per heavy atom. The predicted molar refractivity (Wildman–Crippen MR) is 62.7 cm³/mol. The van der Waals surface area contributed by atoms with Gasteiger partial charge in [0.25, 0.3) is 5.78 Å². The van der Waals surface area contributed by atoms with Crippen LogP contribution in [0.25, 0.3) is 0 Å². The molecule has 2 rings (SSSR count). The van der Waals surface area contributed by atoms with E-state index in [9.17, 15) is 13.6 Å². The summed E-state index contributed by atoms with van der Waals surface area (Å²) in [5.41, 5.74) is 0.743. The molecule has 0 radical (unpaired) electrons. The summed E-state index contributed by atoms with van der Waals surface area (Å²) < 4.78 is 27.5. The van der Waals surface area contributed by atoms with Crippen LogP contribution in [-0.2, 0) is 15.7 Å². The van der Waals surface area contributed by atoms with Crippen molar-refractivity contribution >= 4 is 16.7 Å². The minimum absolute atomic E-state index is 0.512. The highest BCUT2D eigenvalue weighted by molar-refractivity contribution is 7.98. The van der Waals surface area contributed by atoms with Crippen molar-refractivity contribution in [2.45, 2.75) is 30.9 Å². The van der Waals surface area contributed by atoms with Crippen molar-refractivity contribution < 1.29 is 13.6 Å². The SMILES string of the molecule is O=C(/C=C1\C=CCC1)C(F)(F)[S+]1CCCC1. The molecule has 1 heterocycles. The Hall–Kier alpha value is -0.640. The molecule has 0 spiro atoms. The highest BCUT2D eigenvalue weighted by atomic mass is 32.2. The first-order valence-corrected chi connectivity index (χ1v) is 7.14. The van der Waals surface area contributed by atoms with Gasteiger partial charge >= 0.3 is 5.25 Å². The highest BCUT2D eigenvalue weighted by Gasteiger charge is 2.56. The van der Waals surface area contributed by atoms with Gasteiger partial charge in [-0.25, -0.2) is 0 Å². The van der Waals surface area contributed by atoms with Gasteiger partial charge in [0.05, 0.1) is 10.9 Å². The molecule has 0 N–H and O–H groups in total. The highest BCUT2D eigenvalue weighted by Crippen LogP contribution is 2.32. The molecule has 4 heteroatoms. The molecule has 0 aromatic rings. The molecule has 1 fully saturated rings. The zero-order valence-electron chi connectivity index (χ0n) is 9.05. The van der Waals surface area contributed by atoms with Crippen LogP contribution in [0.2, 0.25) is 0 Å². The van der Waals surface area contributed by atoms with E-state index in [0.29, 0.717) is 11.5 Å². The fourth-order valence-corrected chi connectivity index (χ4v) is 4.16. The van der Waals surface area contributed by atoms with Crippen molar-refractivity contribution in [3.63, 3.8) is 0 Å². The Morgan fingerprint density at radius 2 is 2.06 bits per heavy atom. The van der Waals surface area contributed by atoms with E-state index in [2.05, 4.69) is 0 Å². The summed E-state index contributed by atoms with van der Waals surface area (Å²) in [6.07, 6.45) is 8.08. The standard InChI is InChI=1S/C12H15F2OS/c13-12(14,16-7-3-4-8-16)11(15)9-10-5-1-2-6-10/h1,5,9H,2-4,6-8H2/q+1/b10-9+. The van der Waals surface area contributed by atoms with E-state index in [4.69, 9.17) is 0 Å². The number of hydrogen-bond acceptors (Lipinski definition) is 1. The van der Waals surface area contributed by atoms with Gasteiger partial charge in [0.2, 0.25) is 0 Å². The zero-order valence-corrected chi connectivity index (χ0v) is 9.86. The van der Waals surface area contributed by atoms with Crippen LogP contribution in [0.3, 0.4) is 0 Å². The molecule has 0 amide bonds. The molecule has 1 aliphatic carbocycles. The molecule has 88 valence electrons. The molecule has 0 aromatic heterocycles.